The summed E-state index contributed by atoms with van der Waals surface area (Å²) in [6.45, 7) is 0. The molecular weight excluding hydrogens is 1780 g/mol. The lowest BCUT2D eigenvalue weighted by atomic mass is 9.67. The molecule has 28 aromatic rings. The number of furan rings is 1. The molecule has 0 N–H and O–H groups in total. The monoisotopic (exact) mass is 1870 g/mol. The molecule has 0 saturated heterocycles. The fraction of sp³-hybridized carbons (Fsp3) is 0.00746. The quantitative estimate of drug-likeness (QED) is 0.103. The molecule has 10 nitrogen and oxygen atoms in total. The van der Waals surface area contributed by atoms with Crippen molar-refractivity contribution >= 4 is 129 Å². The number of hydrogen-bond donors (Lipinski definition) is 0. The number of fused-ring (bicyclic) bond motifs is 19. The van der Waals surface area contributed by atoms with Crippen LogP contribution in [0, 0.1) is 0 Å². The van der Waals surface area contributed by atoms with Gasteiger partial charge in [-0.2, -0.15) is 0 Å². The second-order valence-corrected chi connectivity index (χ2v) is 37.9. The summed E-state index contributed by atoms with van der Waals surface area (Å²) in [5.41, 5.74) is 22.1. The molecule has 1 aliphatic carbocycles. The van der Waals surface area contributed by atoms with Crippen molar-refractivity contribution in [1.29, 1.82) is 0 Å². The molecule has 676 valence electrons. The lowest BCUT2D eigenvalue weighted by molar-refractivity contribution is 0.669. The number of benzene rings is 23. The van der Waals surface area contributed by atoms with Gasteiger partial charge in [0, 0.05) is 81.0 Å². The van der Waals surface area contributed by atoms with E-state index in [0.29, 0.717) is 52.4 Å². The largest absolute Gasteiger partial charge is 0.456 e. The topological polar surface area (TPSA) is 129 Å². The minimum atomic E-state index is -0.460. The molecule has 0 radical (unpaired) electrons. The first-order valence-corrected chi connectivity index (χ1v) is 49.7. The van der Waals surface area contributed by atoms with Crippen LogP contribution in [0.2, 0.25) is 0 Å². The van der Waals surface area contributed by atoms with Gasteiger partial charge in [0.25, 0.3) is 0 Å². The van der Waals surface area contributed by atoms with Gasteiger partial charge >= 0.3 is 0 Å². The van der Waals surface area contributed by atoms with E-state index in [9.17, 15) is 0 Å². The van der Waals surface area contributed by atoms with Crippen LogP contribution in [0.5, 0.6) is 0 Å². The van der Waals surface area contributed by atoms with Gasteiger partial charge in [-0.05, 0) is 186 Å². The third-order valence-electron chi connectivity index (χ3n) is 28.4. The summed E-state index contributed by atoms with van der Waals surface area (Å²) in [7, 11) is 0. The lowest BCUT2D eigenvalue weighted by Gasteiger charge is -2.34. The summed E-state index contributed by atoms with van der Waals surface area (Å²) in [5, 5.41) is 21.2. The predicted octanol–water partition coefficient (Wildman–Crippen LogP) is 34.7. The Balaban J connectivity index is 0.000000108. The molecule has 29 rings (SSSR count). The molecule has 0 amide bonds. The van der Waals surface area contributed by atoms with E-state index in [1.54, 1.807) is 11.3 Å². The van der Waals surface area contributed by atoms with Crippen molar-refractivity contribution in [2.75, 3.05) is 0 Å². The predicted molar refractivity (Wildman–Crippen MR) is 599 cm³/mol. The van der Waals surface area contributed by atoms with Gasteiger partial charge in [-0.3, -0.25) is 0 Å². The van der Waals surface area contributed by atoms with Gasteiger partial charge in [0.15, 0.2) is 52.4 Å². The van der Waals surface area contributed by atoms with Crippen LogP contribution in [0.3, 0.4) is 0 Å². The van der Waals surface area contributed by atoms with Crippen molar-refractivity contribution in [3.8, 4) is 136 Å². The number of para-hydroxylation sites is 1. The van der Waals surface area contributed by atoms with Crippen molar-refractivity contribution in [3.05, 3.63) is 526 Å². The van der Waals surface area contributed by atoms with Crippen molar-refractivity contribution in [3.63, 3.8) is 0 Å². The van der Waals surface area contributed by atoms with Crippen molar-refractivity contribution < 1.29 is 4.42 Å². The van der Waals surface area contributed by atoms with Gasteiger partial charge in [0.1, 0.15) is 11.2 Å². The molecule has 0 spiro atoms. The van der Waals surface area contributed by atoms with Gasteiger partial charge in [-0.1, -0.05) is 449 Å². The van der Waals surface area contributed by atoms with Crippen LogP contribution in [0.1, 0.15) is 22.3 Å². The van der Waals surface area contributed by atoms with Crippen LogP contribution in [0.4, 0.5) is 0 Å². The number of nitrogens with zero attached hydrogens (tertiary/aromatic N) is 9. The van der Waals surface area contributed by atoms with E-state index in [-0.39, 0.29) is 0 Å². The van der Waals surface area contributed by atoms with Crippen LogP contribution in [0.25, 0.3) is 253 Å². The highest BCUT2D eigenvalue weighted by Gasteiger charge is 2.46. The van der Waals surface area contributed by atoms with Crippen molar-refractivity contribution in [2.45, 2.75) is 5.41 Å². The number of rotatable bonds is 13. The van der Waals surface area contributed by atoms with Crippen molar-refractivity contribution in [1.82, 2.24) is 44.9 Å². The minimum absolute atomic E-state index is 0.460. The molecule has 1 aliphatic rings. The first-order valence-electron chi connectivity index (χ1n) is 48.8. The number of thiophene rings is 1. The molecule has 0 bridgehead atoms. The molecule has 11 heteroatoms. The van der Waals surface area contributed by atoms with E-state index < -0.39 is 5.41 Å². The normalized spacial score (nSPS) is 12.1. The highest BCUT2D eigenvalue weighted by Crippen LogP contribution is 2.57. The zero-order chi connectivity index (χ0) is 95.8. The molecule has 145 heavy (non-hydrogen) atoms. The molecule has 0 atom stereocenters. The molecule has 0 unspecified atom stereocenters. The number of hydrogen-bond acceptors (Lipinski definition) is 11. The second-order valence-electron chi connectivity index (χ2n) is 36.8. The second kappa shape index (κ2) is 36.0. The highest BCUT2D eigenvalue weighted by atomic mass is 32.1. The smallest absolute Gasteiger partial charge is 0.164 e. The van der Waals surface area contributed by atoms with Crippen LogP contribution in [0.15, 0.2) is 508 Å². The Bertz CT molecular complexity index is 9930. The van der Waals surface area contributed by atoms with Gasteiger partial charge in [-0.15, -0.1) is 11.3 Å². The summed E-state index contributed by atoms with van der Waals surface area (Å²) in [4.78, 5) is 46.0. The average Bonchev–Trinajstić information content (AvgIpc) is 1.54. The van der Waals surface area contributed by atoms with E-state index in [0.717, 1.165) is 105 Å². The minimum Gasteiger partial charge on any atom is -0.456 e. The van der Waals surface area contributed by atoms with E-state index in [4.69, 9.17) is 49.3 Å². The SMILES string of the molecule is c1ccc(-c2ccc3c(ccc4cc(-c5nc(-c6ccccc6)nc(-c6cccc7oc8ccccc8c67)n5)ccc43)c2)cc1.c1ccc(-c2nc(-c3cc(-c4ccc5c(ccc6ccccc65)c4)cc4ccccc34)nc(-c3cccc4sc5ccccc5c34)n2)cc1.c1ccc(-c2nc(-c3ccc(C4(c5ccccc5)c5ccccc5-c5ccccc54)cc3)nc(-c3cccc4c3ccc3ccccc34)n2)cc1. The zero-order valence-corrected chi connectivity index (χ0v) is 79.1. The first kappa shape index (κ1) is 85.1. The average molecular weight is 1870 g/mol. The Labute approximate surface area is 839 Å². The van der Waals surface area contributed by atoms with Crippen LogP contribution < -0.4 is 0 Å². The maximum atomic E-state index is 6.19. The third kappa shape index (κ3) is 15.2. The van der Waals surface area contributed by atoms with Gasteiger partial charge in [-0.25, -0.2) is 44.9 Å². The van der Waals surface area contributed by atoms with E-state index in [1.165, 1.54) is 119 Å². The fourth-order valence-corrected chi connectivity index (χ4v) is 22.8. The Kier molecular flexibility index (Phi) is 21.1. The summed E-state index contributed by atoms with van der Waals surface area (Å²) < 4.78 is 8.66. The Morgan fingerprint density at radius 3 is 1.08 bits per heavy atom. The first-order chi connectivity index (χ1) is 71.8. The van der Waals surface area contributed by atoms with Crippen LogP contribution in [-0.4, -0.2) is 44.9 Å². The maximum Gasteiger partial charge on any atom is 0.164 e. The van der Waals surface area contributed by atoms with E-state index >= 15 is 0 Å². The van der Waals surface area contributed by atoms with Gasteiger partial charge in [0.05, 0.1) is 5.41 Å². The maximum absolute atomic E-state index is 6.19. The van der Waals surface area contributed by atoms with Gasteiger partial charge in [0.2, 0.25) is 0 Å². The third-order valence-corrected chi connectivity index (χ3v) is 29.6. The lowest BCUT2D eigenvalue weighted by Crippen LogP contribution is -2.28. The molecule has 5 heterocycles. The van der Waals surface area contributed by atoms with E-state index in [1.807, 2.05) is 103 Å². The Hall–Kier alpha value is -19.1. The Morgan fingerprint density at radius 1 is 0.159 bits per heavy atom. The Morgan fingerprint density at radius 2 is 0.490 bits per heavy atom. The van der Waals surface area contributed by atoms with Crippen LogP contribution in [-0.2, 0) is 5.41 Å². The molecular formula is C134H83N9OS. The summed E-state index contributed by atoms with van der Waals surface area (Å²) >= 11 is 1.80. The summed E-state index contributed by atoms with van der Waals surface area (Å²) in [6.07, 6.45) is 0. The van der Waals surface area contributed by atoms with Crippen LogP contribution >= 0.6 is 11.3 Å². The zero-order valence-electron chi connectivity index (χ0n) is 78.3. The molecule has 0 fully saturated rings. The highest BCUT2D eigenvalue weighted by molar-refractivity contribution is 7.26. The summed E-state index contributed by atoms with van der Waals surface area (Å²) in [5.74, 6) is 5.81. The van der Waals surface area contributed by atoms with E-state index in [2.05, 4.69) is 400 Å². The van der Waals surface area contributed by atoms with Gasteiger partial charge < -0.3 is 4.42 Å². The molecule has 0 aliphatic heterocycles. The molecule has 0 saturated carbocycles. The standard InChI is InChI=1S/C48H31N3.C45H27N3S.C41H25N3O/c1-3-15-33(16-4-1)45-49-46(51-47(50-45)42-23-13-22-38-37-19-8-7-14-32(37)28-31-39(38)42)34-26-29-36(30-27-34)48(35-17-5-2-6-18-35)43-24-11-9-20-40(43)41-21-10-12-25-44(41)48;1-2-12-29(13-3-1)43-46-44(38-18-10-20-41-42(38)37-17-8-9-19-40(37)49-41)48-45(47-43)39-27-33(26-31-14-5-7-16-35(31)39)30-23-24-36-32(25-30)22-21-28-11-4-6-15-34(28)36;1-3-10-26(11-4-1)28-20-22-32-29(24-28)18-19-30-25-31(21-23-33(30)32)40-42-39(27-12-5-2-6-13-27)43-41(44-40)35-15-9-17-37-38(35)34-14-7-8-16-36(34)45-37/h1-31H;1-27H;1-25H. The number of aromatic nitrogens is 9. The summed E-state index contributed by atoms with van der Waals surface area (Å²) in [6, 6.07) is 177. The molecule has 5 aromatic heterocycles. The fourth-order valence-electron chi connectivity index (χ4n) is 21.6. The van der Waals surface area contributed by atoms with Crippen molar-refractivity contribution in [2.24, 2.45) is 0 Å². The molecule has 23 aromatic carbocycles.